The van der Waals surface area contributed by atoms with Crippen LogP contribution in [-0.2, 0) is 13.1 Å². The highest BCUT2D eigenvalue weighted by Crippen LogP contribution is 2.21. The van der Waals surface area contributed by atoms with Crippen molar-refractivity contribution in [1.29, 1.82) is 0 Å². The molecule has 5 heteroatoms. The maximum Gasteiger partial charge on any atom is 0.142 e. The summed E-state index contributed by atoms with van der Waals surface area (Å²) in [6.45, 7) is 1.27. The molecule has 0 bridgehead atoms. The number of hydrogen-bond acceptors (Lipinski definition) is 2. The lowest BCUT2D eigenvalue weighted by Crippen LogP contribution is -2.16. The van der Waals surface area contributed by atoms with Gasteiger partial charge in [0.15, 0.2) is 0 Å². The lowest BCUT2D eigenvalue weighted by Gasteiger charge is -2.05. The van der Waals surface area contributed by atoms with Crippen LogP contribution < -0.4 is 5.32 Å². The second kappa shape index (κ2) is 5.31. The minimum Gasteiger partial charge on any atom is -0.308 e. The Bertz CT molecular complexity index is 578. The molecule has 1 fully saturated rings. The van der Waals surface area contributed by atoms with E-state index in [1.54, 1.807) is 10.7 Å². The summed E-state index contributed by atoms with van der Waals surface area (Å²) < 4.78 is 15.1. The second-order valence-corrected chi connectivity index (χ2v) is 5.25. The third-order valence-corrected chi connectivity index (χ3v) is 3.63. The normalized spacial score (nSPS) is 14.8. The Labute approximate surface area is 116 Å². The van der Waals surface area contributed by atoms with Crippen LogP contribution >= 0.6 is 11.6 Å². The SMILES string of the molecule is Fc1cccc(Cn2ccc(CNC3CC3)n2)c1Cl. The van der Waals surface area contributed by atoms with E-state index >= 15 is 0 Å². The quantitative estimate of drug-likeness (QED) is 0.912. The summed E-state index contributed by atoms with van der Waals surface area (Å²) in [5.41, 5.74) is 1.74. The molecule has 2 aromatic rings. The zero-order valence-corrected chi connectivity index (χ0v) is 11.2. The van der Waals surface area contributed by atoms with Gasteiger partial charge in [-0.1, -0.05) is 23.7 Å². The van der Waals surface area contributed by atoms with E-state index in [0.29, 0.717) is 12.6 Å². The van der Waals surface area contributed by atoms with Crippen molar-refractivity contribution in [3.05, 3.63) is 52.6 Å². The van der Waals surface area contributed by atoms with Gasteiger partial charge < -0.3 is 5.32 Å². The molecule has 0 amide bonds. The number of nitrogens with one attached hydrogen (secondary N) is 1. The molecular weight excluding hydrogens is 265 g/mol. The minimum atomic E-state index is -0.387. The number of aromatic nitrogens is 2. The van der Waals surface area contributed by atoms with Crippen LogP contribution in [0, 0.1) is 5.82 Å². The van der Waals surface area contributed by atoms with E-state index in [2.05, 4.69) is 10.4 Å². The molecule has 1 N–H and O–H groups in total. The van der Waals surface area contributed by atoms with Gasteiger partial charge in [0.1, 0.15) is 5.82 Å². The van der Waals surface area contributed by atoms with Crippen molar-refractivity contribution < 1.29 is 4.39 Å². The Balaban J connectivity index is 1.67. The van der Waals surface area contributed by atoms with Gasteiger partial charge in [-0.2, -0.15) is 5.10 Å². The fourth-order valence-electron chi connectivity index (χ4n) is 1.97. The lowest BCUT2D eigenvalue weighted by molar-refractivity contribution is 0.613. The number of nitrogens with zero attached hydrogens (tertiary/aromatic N) is 2. The first-order valence-corrected chi connectivity index (χ1v) is 6.79. The molecule has 1 heterocycles. The summed E-state index contributed by atoms with van der Waals surface area (Å²) >= 11 is 5.93. The third-order valence-electron chi connectivity index (χ3n) is 3.21. The highest BCUT2D eigenvalue weighted by atomic mass is 35.5. The first kappa shape index (κ1) is 12.6. The van der Waals surface area contributed by atoms with Gasteiger partial charge in [0.2, 0.25) is 0 Å². The monoisotopic (exact) mass is 279 g/mol. The van der Waals surface area contributed by atoms with Crippen LogP contribution in [-0.4, -0.2) is 15.8 Å². The fourth-order valence-corrected chi connectivity index (χ4v) is 2.15. The fraction of sp³-hybridized carbons (Fsp3) is 0.357. The molecule has 0 saturated heterocycles. The van der Waals surface area contributed by atoms with Crippen molar-refractivity contribution in [2.45, 2.75) is 32.0 Å². The van der Waals surface area contributed by atoms with E-state index < -0.39 is 0 Å². The molecule has 0 spiro atoms. The van der Waals surface area contributed by atoms with Gasteiger partial charge in [-0.25, -0.2) is 4.39 Å². The average Bonchev–Trinajstić information content (AvgIpc) is 3.13. The van der Waals surface area contributed by atoms with Gasteiger partial charge in [0.05, 0.1) is 17.3 Å². The Morgan fingerprint density at radius 1 is 1.37 bits per heavy atom. The molecule has 0 atom stereocenters. The molecule has 19 heavy (non-hydrogen) atoms. The Kier molecular flexibility index (Phi) is 3.53. The number of rotatable bonds is 5. The largest absolute Gasteiger partial charge is 0.308 e. The zero-order chi connectivity index (χ0) is 13.2. The summed E-state index contributed by atoms with van der Waals surface area (Å²) in [7, 11) is 0. The molecule has 1 aliphatic rings. The molecular formula is C14H15ClFN3. The Hall–Kier alpha value is -1.39. The van der Waals surface area contributed by atoms with Crippen molar-refractivity contribution in [1.82, 2.24) is 15.1 Å². The number of halogens is 2. The summed E-state index contributed by atoms with van der Waals surface area (Å²) in [6.07, 6.45) is 4.42. The van der Waals surface area contributed by atoms with Crippen LogP contribution in [0.1, 0.15) is 24.1 Å². The Morgan fingerprint density at radius 3 is 3.00 bits per heavy atom. The van der Waals surface area contributed by atoms with E-state index in [1.807, 2.05) is 18.3 Å². The van der Waals surface area contributed by atoms with Gasteiger partial charge in [-0.05, 0) is 30.5 Å². The standard InChI is InChI=1S/C14H15ClFN3/c15-14-10(2-1-3-13(14)16)9-19-7-6-12(18-19)8-17-11-4-5-11/h1-3,6-7,11,17H,4-5,8-9H2. The van der Waals surface area contributed by atoms with Gasteiger partial charge >= 0.3 is 0 Å². The van der Waals surface area contributed by atoms with E-state index in [4.69, 9.17) is 11.6 Å². The molecule has 3 nitrogen and oxygen atoms in total. The molecule has 0 aliphatic heterocycles. The van der Waals surface area contributed by atoms with Gasteiger partial charge in [-0.15, -0.1) is 0 Å². The molecule has 100 valence electrons. The second-order valence-electron chi connectivity index (χ2n) is 4.87. The number of hydrogen-bond donors (Lipinski definition) is 1. The molecule has 1 aromatic heterocycles. The molecule has 0 unspecified atom stereocenters. The lowest BCUT2D eigenvalue weighted by atomic mass is 10.2. The maximum atomic E-state index is 13.3. The number of benzene rings is 1. The van der Waals surface area contributed by atoms with Crippen LogP contribution in [0.25, 0.3) is 0 Å². The maximum absolute atomic E-state index is 13.3. The molecule has 0 radical (unpaired) electrons. The van der Waals surface area contributed by atoms with Gasteiger partial charge in [-0.3, -0.25) is 4.68 Å². The molecule has 1 aliphatic carbocycles. The van der Waals surface area contributed by atoms with Crippen molar-refractivity contribution >= 4 is 11.6 Å². The van der Waals surface area contributed by atoms with E-state index in [9.17, 15) is 4.39 Å². The summed E-state index contributed by atoms with van der Waals surface area (Å²) in [6, 6.07) is 7.48. The van der Waals surface area contributed by atoms with Crippen LogP contribution in [0.2, 0.25) is 5.02 Å². The van der Waals surface area contributed by atoms with Gasteiger partial charge in [0.25, 0.3) is 0 Å². The predicted molar refractivity (Wildman–Crippen MR) is 72.6 cm³/mol. The Morgan fingerprint density at radius 2 is 2.21 bits per heavy atom. The van der Waals surface area contributed by atoms with Crippen LogP contribution in [0.4, 0.5) is 4.39 Å². The highest BCUT2D eigenvalue weighted by Gasteiger charge is 2.20. The summed E-state index contributed by atoms with van der Waals surface area (Å²) in [5, 5.41) is 8.03. The van der Waals surface area contributed by atoms with E-state index in [0.717, 1.165) is 17.8 Å². The third kappa shape index (κ3) is 3.14. The van der Waals surface area contributed by atoms with Gasteiger partial charge in [0, 0.05) is 18.8 Å². The summed E-state index contributed by atoms with van der Waals surface area (Å²) in [5.74, 6) is -0.387. The first-order valence-electron chi connectivity index (χ1n) is 6.41. The van der Waals surface area contributed by atoms with Crippen molar-refractivity contribution in [3.8, 4) is 0 Å². The summed E-state index contributed by atoms with van der Waals surface area (Å²) in [4.78, 5) is 0. The van der Waals surface area contributed by atoms with Crippen LogP contribution in [0.3, 0.4) is 0 Å². The molecule has 3 rings (SSSR count). The van der Waals surface area contributed by atoms with Crippen molar-refractivity contribution in [3.63, 3.8) is 0 Å². The van der Waals surface area contributed by atoms with Crippen molar-refractivity contribution in [2.24, 2.45) is 0 Å². The predicted octanol–water partition coefficient (Wildman–Crippen LogP) is 2.98. The minimum absolute atomic E-state index is 0.177. The smallest absolute Gasteiger partial charge is 0.142 e. The van der Waals surface area contributed by atoms with E-state index in [1.165, 1.54) is 18.9 Å². The van der Waals surface area contributed by atoms with E-state index in [-0.39, 0.29) is 10.8 Å². The van der Waals surface area contributed by atoms with Crippen LogP contribution in [0.15, 0.2) is 30.5 Å². The zero-order valence-electron chi connectivity index (χ0n) is 10.4. The highest BCUT2D eigenvalue weighted by molar-refractivity contribution is 6.31. The molecule has 1 aromatic carbocycles. The first-order chi connectivity index (χ1) is 9.22. The average molecular weight is 280 g/mol. The van der Waals surface area contributed by atoms with Crippen LogP contribution in [0.5, 0.6) is 0 Å². The topological polar surface area (TPSA) is 29.9 Å². The molecule has 1 saturated carbocycles. The van der Waals surface area contributed by atoms with Crippen molar-refractivity contribution in [2.75, 3.05) is 0 Å².